The summed E-state index contributed by atoms with van der Waals surface area (Å²) in [6, 6.07) is 22.8. The molecule has 4 rings (SSSR count). The number of hydrogen-bond donors (Lipinski definition) is 2. The second kappa shape index (κ2) is 14.4. The number of amides is 2. The Labute approximate surface area is 247 Å². The van der Waals surface area contributed by atoms with Crippen LogP contribution in [0.2, 0.25) is 0 Å². The molecule has 41 heavy (non-hydrogen) atoms. The maximum absolute atomic E-state index is 13.6. The van der Waals surface area contributed by atoms with Crippen LogP contribution in [0.25, 0.3) is 0 Å². The molecule has 3 aromatic carbocycles. The van der Waals surface area contributed by atoms with Crippen LogP contribution in [0.15, 0.2) is 77.7 Å². The Bertz CT molecular complexity index is 1290. The minimum atomic E-state index is -0.513. The Morgan fingerprint density at radius 3 is 2.20 bits per heavy atom. The number of carbonyl (C=O) groups excluding carboxylic acids is 3. The molecule has 1 saturated carbocycles. The second-order valence-corrected chi connectivity index (χ2v) is 12.8. The summed E-state index contributed by atoms with van der Waals surface area (Å²) in [5.74, 6) is 0.994. The van der Waals surface area contributed by atoms with Crippen molar-refractivity contribution in [3.05, 3.63) is 89.5 Å². The third-order valence-corrected chi connectivity index (χ3v) is 8.63. The number of carbonyl (C=O) groups is 3. The van der Waals surface area contributed by atoms with Gasteiger partial charge < -0.3 is 20.2 Å². The summed E-state index contributed by atoms with van der Waals surface area (Å²) in [7, 11) is 0. The third-order valence-electron chi connectivity index (χ3n) is 7.37. The van der Waals surface area contributed by atoms with Crippen LogP contribution < -0.4 is 15.4 Å². The standard InChI is InChI=1S/C34H40N2O4S/c1-34(2,3)27-13-9-25(10-14-27)31(41-30-19-11-26(12-20-30)32(38)35-21-22-37)33(39)36-28-15-17-29(18-16-28)40-23-24-7-5-4-6-8-24/h9-20,22,24,31H,4-8,21,23H2,1-3H3,(H,35,38)(H,36,39). The lowest BCUT2D eigenvalue weighted by Gasteiger charge is -2.22. The normalized spacial score (nSPS) is 14.6. The van der Waals surface area contributed by atoms with Gasteiger partial charge >= 0.3 is 0 Å². The SMILES string of the molecule is CC(C)(C)c1ccc(C(Sc2ccc(C(=O)NCC=O)cc2)C(=O)Nc2ccc(OCC3CCCCC3)cc2)cc1. The number of benzene rings is 3. The van der Waals surface area contributed by atoms with Crippen LogP contribution in [0.1, 0.15) is 79.6 Å². The quantitative estimate of drug-likeness (QED) is 0.185. The lowest BCUT2D eigenvalue weighted by molar-refractivity contribution is -0.115. The zero-order valence-electron chi connectivity index (χ0n) is 24.2. The summed E-state index contributed by atoms with van der Waals surface area (Å²) in [5.41, 5.74) is 3.25. The van der Waals surface area contributed by atoms with Crippen molar-refractivity contribution in [1.29, 1.82) is 0 Å². The average molecular weight is 573 g/mol. The van der Waals surface area contributed by atoms with E-state index in [2.05, 4.69) is 43.5 Å². The van der Waals surface area contributed by atoms with E-state index in [1.165, 1.54) is 49.4 Å². The molecule has 1 aliphatic carbocycles. The molecule has 1 aliphatic rings. The first-order valence-electron chi connectivity index (χ1n) is 14.4. The van der Waals surface area contributed by atoms with Gasteiger partial charge in [0.1, 0.15) is 17.3 Å². The smallest absolute Gasteiger partial charge is 0.251 e. The molecule has 0 spiro atoms. The van der Waals surface area contributed by atoms with Crippen LogP contribution in [0.3, 0.4) is 0 Å². The van der Waals surface area contributed by atoms with Gasteiger partial charge in [-0.2, -0.15) is 0 Å². The predicted molar refractivity (Wildman–Crippen MR) is 166 cm³/mol. The van der Waals surface area contributed by atoms with E-state index in [-0.39, 0.29) is 23.8 Å². The van der Waals surface area contributed by atoms with Crippen molar-refractivity contribution in [1.82, 2.24) is 5.32 Å². The summed E-state index contributed by atoms with van der Waals surface area (Å²) in [4.78, 5) is 37.2. The van der Waals surface area contributed by atoms with E-state index in [4.69, 9.17) is 4.74 Å². The number of aldehydes is 1. The van der Waals surface area contributed by atoms with Crippen molar-refractivity contribution in [2.45, 2.75) is 68.4 Å². The van der Waals surface area contributed by atoms with Crippen LogP contribution in [-0.4, -0.2) is 31.3 Å². The van der Waals surface area contributed by atoms with E-state index >= 15 is 0 Å². The molecule has 0 heterocycles. The molecule has 3 aromatic rings. The van der Waals surface area contributed by atoms with Gasteiger partial charge in [0.2, 0.25) is 5.91 Å². The fourth-order valence-electron chi connectivity index (χ4n) is 4.90. The molecule has 2 amide bonds. The molecular weight excluding hydrogens is 532 g/mol. The molecule has 1 atom stereocenters. The Morgan fingerprint density at radius 2 is 1.59 bits per heavy atom. The maximum atomic E-state index is 13.6. The molecule has 1 fully saturated rings. The van der Waals surface area contributed by atoms with Crippen LogP contribution in [0, 0.1) is 5.92 Å². The fourth-order valence-corrected chi connectivity index (χ4v) is 5.92. The van der Waals surface area contributed by atoms with E-state index in [0.717, 1.165) is 22.8 Å². The Hall–Kier alpha value is -3.58. The first kappa shape index (κ1) is 30.4. The molecule has 0 saturated heterocycles. The van der Waals surface area contributed by atoms with Gasteiger partial charge in [0, 0.05) is 16.1 Å². The highest BCUT2D eigenvalue weighted by molar-refractivity contribution is 8.00. The molecule has 2 N–H and O–H groups in total. The van der Waals surface area contributed by atoms with E-state index < -0.39 is 5.25 Å². The van der Waals surface area contributed by atoms with Gasteiger partial charge in [-0.05, 0) is 83.8 Å². The summed E-state index contributed by atoms with van der Waals surface area (Å²) < 4.78 is 6.03. The molecule has 0 aromatic heterocycles. The van der Waals surface area contributed by atoms with Gasteiger partial charge in [0.15, 0.2) is 0 Å². The van der Waals surface area contributed by atoms with E-state index in [1.54, 1.807) is 12.1 Å². The first-order chi connectivity index (χ1) is 19.7. The van der Waals surface area contributed by atoms with E-state index in [1.807, 2.05) is 48.5 Å². The highest BCUT2D eigenvalue weighted by Gasteiger charge is 2.24. The topological polar surface area (TPSA) is 84.5 Å². The summed E-state index contributed by atoms with van der Waals surface area (Å²) in [5, 5.41) is 5.10. The van der Waals surface area contributed by atoms with Gasteiger partial charge in [-0.3, -0.25) is 9.59 Å². The fraction of sp³-hybridized carbons (Fsp3) is 0.382. The summed E-state index contributed by atoms with van der Waals surface area (Å²) >= 11 is 1.42. The van der Waals surface area contributed by atoms with Crippen molar-refractivity contribution >= 4 is 35.5 Å². The molecule has 0 bridgehead atoms. The average Bonchev–Trinajstić information content (AvgIpc) is 2.98. The van der Waals surface area contributed by atoms with Crippen LogP contribution in [0.5, 0.6) is 5.75 Å². The molecule has 6 nitrogen and oxygen atoms in total. The maximum Gasteiger partial charge on any atom is 0.251 e. The van der Waals surface area contributed by atoms with Gasteiger partial charge in [0.25, 0.3) is 5.91 Å². The number of anilines is 1. The summed E-state index contributed by atoms with van der Waals surface area (Å²) in [6.45, 7) is 7.20. The van der Waals surface area contributed by atoms with Crippen LogP contribution in [0.4, 0.5) is 5.69 Å². The number of nitrogens with one attached hydrogen (secondary N) is 2. The molecule has 0 radical (unpaired) electrons. The van der Waals surface area contributed by atoms with Crippen molar-refractivity contribution in [3.8, 4) is 5.75 Å². The number of ether oxygens (including phenoxy) is 1. The first-order valence-corrected chi connectivity index (χ1v) is 15.2. The Morgan fingerprint density at radius 1 is 0.927 bits per heavy atom. The monoisotopic (exact) mass is 572 g/mol. The van der Waals surface area contributed by atoms with Crippen molar-refractivity contribution in [3.63, 3.8) is 0 Å². The molecular formula is C34H40N2O4S. The molecule has 7 heteroatoms. The summed E-state index contributed by atoms with van der Waals surface area (Å²) in [6.07, 6.45) is 7.03. The second-order valence-electron chi connectivity index (χ2n) is 11.6. The lowest BCUT2D eigenvalue weighted by Crippen LogP contribution is -2.24. The van der Waals surface area contributed by atoms with Gasteiger partial charge in [-0.15, -0.1) is 11.8 Å². The van der Waals surface area contributed by atoms with Crippen LogP contribution >= 0.6 is 11.8 Å². The molecule has 1 unspecified atom stereocenters. The minimum absolute atomic E-state index is 0.00445. The van der Waals surface area contributed by atoms with Gasteiger partial charge in [0.05, 0.1) is 13.2 Å². The zero-order valence-corrected chi connectivity index (χ0v) is 25.0. The van der Waals surface area contributed by atoms with Gasteiger partial charge in [-0.25, -0.2) is 0 Å². The molecule has 0 aliphatic heterocycles. The number of thioether (sulfide) groups is 1. The predicted octanol–water partition coefficient (Wildman–Crippen LogP) is 7.34. The minimum Gasteiger partial charge on any atom is -0.493 e. The Balaban J connectivity index is 1.47. The van der Waals surface area contributed by atoms with Crippen molar-refractivity contribution in [2.24, 2.45) is 5.92 Å². The van der Waals surface area contributed by atoms with Crippen molar-refractivity contribution in [2.75, 3.05) is 18.5 Å². The lowest BCUT2D eigenvalue weighted by atomic mass is 9.86. The Kier molecular flexibility index (Phi) is 10.6. The van der Waals surface area contributed by atoms with Gasteiger partial charge in [-0.1, -0.05) is 64.3 Å². The number of rotatable bonds is 11. The highest BCUT2D eigenvalue weighted by atomic mass is 32.2. The van der Waals surface area contributed by atoms with Crippen LogP contribution in [-0.2, 0) is 15.0 Å². The van der Waals surface area contributed by atoms with E-state index in [9.17, 15) is 14.4 Å². The van der Waals surface area contributed by atoms with E-state index in [0.29, 0.717) is 23.5 Å². The third kappa shape index (κ3) is 8.95. The zero-order chi connectivity index (χ0) is 29.2. The molecule has 216 valence electrons. The largest absolute Gasteiger partial charge is 0.493 e. The number of hydrogen-bond acceptors (Lipinski definition) is 5. The highest BCUT2D eigenvalue weighted by Crippen LogP contribution is 2.37. The van der Waals surface area contributed by atoms with Crippen molar-refractivity contribution < 1.29 is 19.1 Å².